The summed E-state index contributed by atoms with van der Waals surface area (Å²) >= 11 is 0. The lowest BCUT2D eigenvalue weighted by atomic mass is 10.1. The van der Waals surface area contributed by atoms with Gasteiger partial charge in [-0.15, -0.1) is 0 Å². The molecule has 0 aliphatic heterocycles. The van der Waals surface area contributed by atoms with E-state index in [0.29, 0.717) is 0 Å². The van der Waals surface area contributed by atoms with Crippen molar-refractivity contribution in [3.63, 3.8) is 0 Å². The van der Waals surface area contributed by atoms with E-state index in [9.17, 15) is 18.0 Å². The molecule has 6 heteroatoms. The monoisotopic (exact) mass is 258 g/mol. The predicted molar refractivity (Wildman–Crippen MR) is 59.8 cm³/mol. The van der Waals surface area contributed by atoms with Crippen LogP contribution in [0.2, 0.25) is 0 Å². The summed E-state index contributed by atoms with van der Waals surface area (Å²) in [6, 6.07) is 4.98. The number of benzene rings is 1. The molecule has 1 aliphatic carbocycles. The molecule has 0 saturated heterocycles. The lowest BCUT2D eigenvalue weighted by Crippen LogP contribution is -2.36. The fourth-order valence-electron chi connectivity index (χ4n) is 1.59. The van der Waals surface area contributed by atoms with Crippen molar-refractivity contribution in [1.29, 1.82) is 0 Å². The molecule has 0 aromatic heterocycles. The first-order valence-electron chi connectivity index (χ1n) is 5.66. The van der Waals surface area contributed by atoms with Crippen LogP contribution in [0.15, 0.2) is 24.3 Å². The normalized spacial score (nSPS) is 15.3. The van der Waals surface area contributed by atoms with E-state index in [4.69, 9.17) is 0 Å². The molecule has 18 heavy (non-hydrogen) atoms. The van der Waals surface area contributed by atoms with Gasteiger partial charge in [0, 0.05) is 12.6 Å². The summed E-state index contributed by atoms with van der Waals surface area (Å²) in [6.07, 6.45) is -2.52. The summed E-state index contributed by atoms with van der Waals surface area (Å²) in [5.74, 6) is 0. The van der Waals surface area contributed by atoms with E-state index in [1.54, 1.807) is 0 Å². The third-order valence-corrected chi connectivity index (χ3v) is 2.67. The van der Waals surface area contributed by atoms with Crippen LogP contribution in [0.5, 0.6) is 0 Å². The molecule has 1 aliphatic rings. The predicted octanol–water partition coefficient (Wildman–Crippen LogP) is 2.67. The maximum absolute atomic E-state index is 12.7. The molecule has 0 atom stereocenters. The van der Waals surface area contributed by atoms with E-state index in [1.165, 1.54) is 18.2 Å². The van der Waals surface area contributed by atoms with E-state index in [-0.39, 0.29) is 18.2 Å². The van der Waals surface area contributed by atoms with Crippen LogP contribution < -0.4 is 10.6 Å². The molecule has 1 aromatic rings. The molecule has 2 rings (SSSR count). The van der Waals surface area contributed by atoms with E-state index in [1.807, 2.05) is 0 Å². The molecule has 0 unspecified atom stereocenters. The Morgan fingerprint density at radius 2 is 1.94 bits per heavy atom. The van der Waals surface area contributed by atoms with Gasteiger partial charge in [0.1, 0.15) is 0 Å². The number of carbonyl (C=O) groups is 1. The van der Waals surface area contributed by atoms with Gasteiger partial charge in [-0.3, -0.25) is 0 Å². The smallest absolute Gasteiger partial charge is 0.335 e. The molecule has 2 N–H and O–H groups in total. The summed E-state index contributed by atoms with van der Waals surface area (Å²) < 4.78 is 38.0. The number of nitrogens with one attached hydrogen (secondary N) is 2. The first-order chi connectivity index (χ1) is 8.47. The van der Waals surface area contributed by atoms with Gasteiger partial charge in [-0.05, 0) is 24.5 Å². The minimum atomic E-state index is -4.40. The van der Waals surface area contributed by atoms with Gasteiger partial charge in [-0.2, -0.15) is 13.2 Å². The Kier molecular flexibility index (Phi) is 3.45. The van der Waals surface area contributed by atoms with Gasteiger partial charge in [0.2, 0.25) is 0 Å². The number of hydrogen-bond acceptors (Lipinski definition) is 1. The molecule has 3 nitrogen and oxygen atoms in total. The highest BCUT2D eigenvalue weighted by atomic mass is 19.4. The van der Waals surface area contributed by atoms with Gasteiger partial charge in [0.05, 0.1) is 5.56 Å². The first kappa shape index (κ1) is 12.7. The Morgan fingerprint density at radius 3 is 2.56 bits per heavy atom. The maximum atomic E-state index is 12.7. The molecular formula is C12H13F3N2O. The highest BCUT2D eigenvalue weighted by Gasteiger charge is 2.32. The molecule has 1 aromatic carbocycles. The summed E-state index contributed by atoms with van der Waals surface area (Å²) in [6.45, 7) is -0.131. The molecular weight excluding hydrogens is 245 g/mol. The van der Waals surface area contributed by atoms with Crippen LogP contribution in [0.25, 0.3) is 0 Å². The van der Waals surface area contributed by atoms with Crippen LogP contribution >= 0.6 is 0 Å². The summed E-state index contributed by atoms with van der Waals surface area (Å²) in [5, 5.41) is 5.08. The van der Waals surface area contributed by atoms with Gasteiger partial charge in [-0.1, -0.05) is 18.2 Å². The van der Waals surface area contributed by atoms with Gasteiger partial charge >= 0.3 is 12.2 Å². The van der Waals surface area contributed by atoms with E-state index in [0.717, 1.165) is 18.9 Å². The van der Waals surface area contributed by atoms with Crippen LogP contribution in [0.3, 0.4) is 0 Å². The zero-order valence-electron chi connectivity index (χ0n) is 9.55. The number of carbonyl (C=O) groups excluding carboxylic acids is 1. The van der Waals surface area contributed by atoms with E-state index >= 15 is 0 Å². The minimum Gasteiger partial charge on any atom is -0.335 e. The molecule has 1 saturated carbocycles. The van der Waals surface area contributed by atoms with Crippen molar-refractivity contribution in [3.05, 3.63) is 35.4 Å². The quantitative estimate of drug-likeness (QED) is 0.859. The first-order valence-corrected chi connectivity index (χ1v) is 5.66. The third-order valence-electron chi connectivity index (χ3n) is 2.67. The fraction of sp³-hybridized carbons (Fsp3) is 0.417. The highest BCUT2D eigenvalue weighted by molar-refractivity contribution is 5.74. The molecule has 98 valence electrons. The average molecular weight is 258 g/mol. The fourth-order valence-corrected chi connectivity index (χ4v) is 1.59. The Bertz CT molecular complexity index is 441. The lowest BCUT2D eigenvalue weighted by molar-refractivity contribution is -0.138. The Labute approximate surface area is 102 Å². The van der Waals surface area contributed by atoms with Crippen LogP contribution in [0.1, 0.15) is 24.0 Å². The van der Waals surface area contributed by atoms with Crippen molar-refractivity contribution < 1.29 is 18.0 Å². The van der Waals surface area contributed by atoms with E-state index < -0.39 is 17.8 Å². The molecule has 0 radical (unpaired) electrons. The third kappa shape index (κ3) is 3.38. The number of amides is 2. The van der Waals surface area contributed by atoms with Gasteiger partial charge in [-0.25, -0.2) is 4.79 Å². The second-order valence-corrected chi connectivity index (χ2v) is 4.26. The van der Waals surface area contributed by atoms with Crippen molar-refractivity contribution in [2.45, 2.75) is 31.6 Å². The maximum Gasteiger partial charge on any atom is 0.416 e. The standard InChI is InChI=1S/C12H13F3N2O/c13-12(14,15)10-4-2-1-3-8(10)7-16-11(18)17-9-5-6-9/h1-4,9H,5-7H2,(H2,16,17,18). The molecule has 0 bridgehead atoms. The van der Waals surface area contributed by atoms with Gasteiger partial charge in [0.25, 0.3) is 0 Å². The summed E-state index contributed by atoms with van der Waals surface area (Å²) in [7, 11) is 0. The Balaban J connectivity index is 1.97. The molecule has 0 spiro atoms. The molecule has 2 amide bonds. The average Bonchev–Trinajstić information content (AvgIpc) is 3.09. The summed E-state index contributed by atoms with van der Waals surface area (Å²) in [5.41, 5.74) is -0.646. The second-order valence-electron chi connectivity index (χ2n) is 4.26. The number of halogens is 3. The van der Waals surface area contributed by atoms with Crippen molar-refractivity contribution >= 4 is 6.03 Å². The van der Waals surface area contributed by atoms with Gasteiger partial charge in [0.15, 0.2) is 0 Å². The zero-order chi connectivity index (χ0) is 13.2. The zero-order valence-corrected chi connectivity index (χ0v) is 9.55. The Morgan fingerprint density at radius 1 is 1.28 bits per heavy atom. The van der Waals surface area contributed by atoms with Crippen LogP contribution in [-0.4, -0.2) is 12.1 Å². The lowest BCUT2D eigenvalue weighted by Gasteiger charge is -2.13. The second kappa shape index (κ2) is 4.88. The number of rotatable bonds is 3. The van der Waals surface area contributed by atoms with Crippen LogP contribution in [0, 0.1) is 0 Å². The van der Waals surface area contributed by atoms with Crippen molar-refractivity contribution in [1.82, 2.24) is 10.6 Å². The van der Waals surface area contributed by atoms with Crippen molar-refractivity contribution in [3.8, 4) is 0 Å². The number of alkyl halides is 3. The SMILES string of the molecule is O=C(NCc1ccccc1C(F)(F)F)NC1CC1. The molecule has 1 fully saturated rings. The van der Waals surface area contributed by atoms with Crippen LogP contribution in [0.4, 0.5) is 18.0 Å². The van der Waals surface area contributed by atoms with Crippen molar-refractivity contribution in [2.75, 3.05) is 0 Å². The van der Waals surface area contributed by atoms with E-state index in [2.05, 4.69) is 10.6 Å². The number of urea groups is 1. The van der Waals surface area contributed by atoms with Crippen molar-refractivity contribution in [2.24, 2.45) is 0 Å². The van der Waals surface area contributed by atoms with Gasteiger partial charge < -0.3 is 10.6 Å². The largest absolute Gasteiger partial charge is 0.416 e. The Hall–Kier alpha value is -1.72. The topological polar surface area (TPSA) is 41.1 Å². The summed E-state index contributed by atoms with van der Waals surface area (Å²) in [4.78, 5) is 11.3. The van der Waals surface area contributed by atoms with Crippen LogP contribution in [-0.2, 0) is 12.7 Å². The number of hydrogen-bond donors (Lipinski definition) is 2. The highest BCUT2D eigenvalue weighted by Crippen LogP contribution is 2.31. The minimum absolute atomic E-state index is 0.0657. The molecule has 0 heterocycles.